The van der Waals surface area contributed by atoms with Crippen LogP contribution in [0, 0.1) is 5.92 Å². The summed E-state index contributed by atoms with van der Waals surface area (Å²) in [5.74, 6) is 1.23. The van der Waals surface area contributed by atoms with E-state index in [1.807, 2.05) is 30.1 Å². The van der Waals surface area contributed by atoms with E-state index in [1.54, 1.807) is 12.1 Å². The lowest BCUT2D eigenvalue weighted by atomic mass is 9.96. The fraction of sp³-hybridized carbons (Fsp3) is 0.391. The molecule has 150 valence electrons. The van der Waals surface area contributed by atoms with Crippen LogP contribution in [0.1, 0.15) is 35.2 Å². The maximum atomic E-state index is 12.1. The van der Waals surface area contributed by atoms with Gasteiger partial charge in [-0.05, 0) is 68.6 Å². The SMILES string of the molecule is CNCC1CCN(C(=O)CCc2ccccc2)CC1.O=Cc1ccc(O)cc1. The number of hydrogen-bond acceptors (Lipinski definition) is 4. The maximum absolute atomic E-state index is 12.1. The molecule has 2 aromatic carbocycles. The molecule has 0 spiro atoms. The third-order valence-electron chi connectivity index (χ3n) is 4.96. The average molecular weight is 383 g/mol. The highest BCUT2D eigenvalue weighted by Gasteiger charge is 2.21. The first kappa shape index (κ1) is 21.6. The molecule has 0 radical (unpaired) electrons. The van der Waals surface area contributed by atoms with Crippen LogP contribution in [0.5, 0.6) is 5.75 Å². The van der Waals surface area contributed by atoms with Gasteiger partial charge in [-0.15, -0.1) is 0 Å². The first-order chi connectivity index (χ1) is 13.6. The Kier molecular flexibility index (Phi) is 9.22. The van der Waals surface area contributed by atoms with Crippen LogP contribution in [0.15, 0.2) is 54.6 Å². The zero-order valence-corrected chi connectivity index (χ0v) is 16.5. The Morgan fingerprint density at radius 1 is 1.11 bits per heavy atom. The number of aldehydes is 1. The first-order valence-corrected chi connectivity index (χ1v) is 9.83. The number of aromatic hydroxyl groups is 1. The standard InChI is InChI=1S/C16H24N2O.C7H6O2/c1-17-13-15-9-11-18(12-10-15)16(19)8-7-14-5-3-2-4-6-14;8-5-6-1-3-7(9)4-2-6/h2-6,15,17H,7-13H2,1H3;1-5,9H. The molecule has 0 unspecified atom stereocenters. The number of benzene rings is 2. The van der Waals surface area contributed by atoms with Crippen molar-refractivity contribution >= 4 is 12.2 Å². The minimum Gasteiger partial charge on any atom is -0.508 e. The molecule has 2 N–H and O–H groups in total. The van der Waals surface area contributed by atoms with E-state index in [2.05, 4.69) is 17.4 Å². The summed E-state index contributed by atoms with van der Waals surface area (Å²) < 4.78 is 0. The fourth-order valence-corrected chi connectivity index (χ4v) is 3.28. The fourth-order valence-electron chi connectivity index (χ4n) is 3.28. The van der Waals surface area contributed by atoms with Gasteiger partial charge in [0, 0.05) is 25.1 Å². The van der Waals surface area contributed by atoms with E-state index in [0.29, 0.717) is 17.9 Å². The lowest BCUT2D eigenvalue weighted by Crippen LogP contribution is -2.40. The number of piperidine rings is 1. The number of phenols is 1. The largest absolute Gasteiger partial charge is 0.508 e. The number of nitrogens with zero attached hydrogens (tertiary/aromatic N) is 1. The Hall–Kier alpha value is -2.66. The van der Waals surface area contributed by atoms with E-state index in [-0.39, 0.29) is 5.75 Å². The van der Waals surface area contributed by atoms with E-state index in [0.717, 1.165) is 51.1 Å². The molecule has 1 saturated heterocycles. The minimum absolute atomic E-state index is 0.181. The quantitative estimate of drug-likeness (QED) is 0.752. The number of phenolic OH excluding ortho intramolecular Hbond substituents is 1. The monoisotopic (exact) mass is 382 g/mol. The summed E-state index contributed by atoms with van der Waals surface area (Å²) in [5.41, 5.74) is 1.83. The summed E-state index contributed by atoms with van der Waals surface area (Å²) in [6, 6.07) is 16.3. The zero-order valence-electron chi connectivity index (χ0n) is 16.5. The van der Waals surface area contributed by atoms with Crippen molar-refractivity contribution in [2.24, 2.45) is 5.92 Å². The molecule has 0 bridgehead atoms. The first-order valence-electron chi connectivity index (χ1n) is 9.83. The molecule has 1 fully saturated rings. The van der Waals surface area contributed by atoms with Crippen molar-refractivity contribution in [2.45, 2.75) is 25.7 Å². The van der Waals surface area contributed by atoms with Gasteiger partial charge in [0.25, 0.3) is 0 Å². The molecular weight excluding hydrogens is 352 g/mol. The van der Waals surface area contributed by atoms with Crippen molar-refractivity contribution in [1.29, 1.82) is 0 Å². The van der Waals surface area contributed by atoms with E-state index >= 15 is 0 Å². The van der Waals surface area contributed by atoms with E-state index in [9.17, 15) is 9.59 Å². The van der Waals surface area contributed by atoms with Crippen LogP contribution in [0.4, 0.5) is 0 Å². The van der Waals surface area contributed by atoms with Gasteiger partial charge in [-0.25, -0.2) is 0 Å². The molecule has 5 nitrogen and oxygen atoms in total. The molecule has 2 aromatic rings. The molecule has 28 heavy (non-hydrogen) atoms. The van der Waals surface area contributed by atoms with Gasteiger partial charge in [-0.2, -0.15) is 0 Å². The summed E-state index contributed by atoms with van der Waals surface area (Å²) in [5, 5.41) is 12.0. The normalized spacial score (nSPS) is 14.1. The van der Waals surface area contributed by atoms with E-state index in [1.165, 1.54) is 17.7 Å². The Labute approximate surface area is 167 Å². The second-order valence-electron chi connectivity index (χ2n) is 7.08. The van der Waals surface area contributed by atoms with Gasteiger partial charge in [-0.1, -0.05) is 30.3 Å². The minimum atomic E-state index is 0.181. The molecular formula is C23H30N2O3. The van der Waals surface area contributed by atoms with Crippen molar-refractivity contribution in [1.82, 2.24) is 10.2 Å². The second-order valence-corrected chi connectivity index (χ2v) is 7.08. The number of hydrogen-bond donors (Lipinski definition) is 2. The van der Waals surface area contributed by atoms with Crippen LogP contribution in [0.2, 0.25) is 0 Å². The Morgan fingerprint density at radius 2 is 1.75 bits per heavy atom. The van der Waals surface area contributed by atoms with Crippen molar-refractivity contribution in [2.75, 3.05) is 26.7 Å². The van der Waals surface area contributed by atoms with E-state index in [4.69, 9.17) is 5.11 Å². The van der Waals surface area contributed by atoms with Crippen molar-refractivity contribution < 1.29 is 14.7 Å². The van der Waals surface area contributed by atoms with Crippen LogP contribution >= 0.6 is 0 Å². The number of rotatable bonds is 6. The van der Waals surface area contributed by atoms with Gasteiger partial charge in [0.1, 0.15) is 12.0 Å². The van der Waals surface area contributed by atoms with Crippen LogP contribution in [0.3, 0.4) is 0 Å². The average Bonchev–Trinajstić information content (AvgIpc) is 2.74. The highest BCUT2D eigenvalue weighted by molar-refractivity contribution is 5.76. The molecule has 5 heteroatoms. The Bertz CT molecular complexity index is 708. The Balaban J connectivity index is 0.000000261. The summed E-state index contributed by atoms with van der Waals surface area (Å²) in [6.07, 6.45) is 4.51. The number of likely N-dealkylation sites (tertiary alicyclic amines) is 1. The summed E-state index contributed by atoms with van der Waals surface area (Å²) in [7, 11) is 2.00. The molecule has 1 aliphatic heterocycles. The van der Waals surface area contributed by atoms with Crippen LogP contribution in [-0.4, -0.2) is 48.9 Å². The van der Waals surface area contributed by atoms with Gasteiger partial charge < -0.3 is 15.3 Å². The number of carbonyl (C=O) groups is 2. The van der Waals surface area contributed by atoms with Crippen molar-refractivity contribution in [3.05, 3.63) is 65.7 Å². The molecule has 1 amide bonds. The van der Waals surface area contributed by atoms with Crippen LogP contribution < -0.4 is 5.32 Å². The molecule has 1 heterocycles. The number of amides is 1. The molecule has 3 rings (SSSR count). The van der Waals surface area contributed by atoms with Gasteiger partial charge in [0.15, 0.2) is 0 Å². The molecule has 1 aliphatic rings. The van der Waals surface area contributed by atoms with Gasteiger partial charge >= 0.3 is 0 Å². The Morgan fingerprint density at radius 3 is 2.32 bits per heavy atom. The predicted molar refractivity (Wildman–Crippen MR) is 111 cm³/mol. The van der Waals surface area contributed by atoms with Crippen molar-refractivity contribution in [3.63, 3.8) is 0 Å². The predicted octanol–water partition coefficient (Wildman–Crippen LogP) is 3.28. The summed E-state index contributed by atoms with van der Waals surface area (Å²) >= 11 is 0. The lowest BCUT2D eigenvalue weighted by Gasteiger charge is -2.32. The topological polar surface area (TPSA) is 69.6 Å². The highest BCUT2D eigenvalue weighted by atomic mass is 16.3. The third-order valence-corrected chi connectivity index (χ3v) is 4.96. The molecule has 0 aromatic heterocycles. The van der Waals surface area contributed by atoms with E-state index < -0.39 is 0 Å². The summed E-state index contributed by atoms with van der Waals surface area (Å²) in [4.78, 5) is 24.2. The van der Waals surface area contributed by atoms with Crippen LogP contribution in [-0.2, 0) is 11.2 Å². The number of aryl methyl sites for hydroxylation is 1. The summed E-state index contributed by atoms with van der Waals surface area (Å²) in [6.45, 7) is 2.94. The maximum Gasteiger partial charge on any atom is 0.222 e. The van der Waals surface area contributed by atoms with Crippen LogP contribution in [0.25, 0.3) is 0 Å². The number of carbonyl (C=O) groups excluding carboxylic acids is 2. The smallest absolute Gasteiger partial charge is 0.222 e. The highest BCUT2D eigenvalue weighted by Crippen LogP contribution is 2.17. The van der Waals surface area contributed by atoms with Gasteiger partial charge in [0.2, 0.25) is 5.91 Å². The molecule has 0 saturated carbocycles. The van der Waals surface area contributed by atoms with Gasteiger partial charge in [-0.3, -0.25) is 9.59 Å². The number of nitrogens with one attached hydrogen (secondary N) is 1. The zero-order chi connectivity index (χ0) is 20.2. The van der Waals surface area contributed by atoms with Gasteiger partial charge in [0.05, 0.1) is 0 Å². The second kappa shape index (κ2) is 11.9. The third kappa shape index (κ3) is 7.53. The lowest BCUT2D eigenvalue weighted by molar-refractivity contribution is -0.132. The molecule has 0 atom stereocenters. The molecule has 0 aliphatic carbocycles. The van der Waals surface area contributed by atoms with Crippen molar-refractivity contribution in [3.8, 4) is 5.75 Å².